The van der Waals surface area contributed by atoms with Crippen LogP contribution in [0.5, 0.6) is 5.75 Å². The molecule has 0 radical (unpaired) electrons. The third kappa shape index (κ3) is 2.99. The van der Waals surface area contributed by atoms with Gasteiger partial charge in [0, 0.05) is 12.6 Å². The van der Waals surface area contributed by atoms with Crippen LogP contribution in [0.15, 0.2) is 18.2 Å². The van der Waals surface area contributed by atoms with Crippen molar-refractivity contribution in [2.24, 2.45) is 0 Å². The summed E-state index contributed by atoms with van der Waals surface area (Å²) in [5.74, 6) is 1.07. The van der Waals surface area contributed by atoms with Crippen LogP contribution in [0.3, 0.4) is 0 Å². The smallest absolute Gasteiger partial charge is 0.122 e. The zero-order valence-corrected chi connectivity index (χ0v) is 12.4. The Morgan fingerprint density at radius 3 is 3.05 bits per heavy atom. The van der Waals surface area contributed by atoms with Gasteiger partial charge in [-0.1, -0.05) is 19.1 Å². The van der Waals surface area contributed by atoms with E-state index in [1.165, 1.54) is 30.4 Å². The number of hydrogen-bond donors (Lipinski definition) is 1. The molecule has 1 aliphatic carbocycles. The second kappa shape index (κ2) is 6.59. The molecule has 2 atom stereocenters. The molecule has 1 N–H and O–H groups in total. The Kier molecular flexibility index (Phi) is 4.58. The molecule has 1 aromatic rings. The second-order valence-corrected chi connectivity index (χ2v) is 5.77. The molecule has 1 heterocycles. The monoisotopic (exact) mass is 275 g/mol. The molecule has 3 heteroatoms. The Balaban J connectivity index is 1.65. The Labute approximate surface area is 121 Å². The minimum atomic E-state index is 0.283. The Morgan fingerprint density at radius 2 is 2.25 bits per heavy atom. The van der Waals surface area contributed by atoms with Crippen LogP contribution in [0.4, 0.5) is 0 Å². The van der Waals surface area contributed by atoms with E-state index in [4.69, 9.17) is 9.47 Å². The Morgan fingerprint density at radius 1 is 1.30 bits per heavy atom. The number of benzene rings is 1. The van der Waals surface area contributed by atoms with Crippen molar-refractivity contribution in [1.29, 1.82) is 0 Å². The molecule has 0 amide bonds. The normalized spacial score (nSPS) is 25.4. The number of rotatable bonds is 5. The van der Waals surface area contributed by atoms with Crippen LogP contribution >= 0.6 is 0 Å². The van der Waals surface area contributed by atoms with Crippen LogP contribution in [0, 0.1) is 0 Å². The summed E-state index contributed by atoms with van der Waals surface area (Å²) < 4.78 is 11.8. The molecule has 0 aromatic heterocycles. The van der Waals surface area contributed by atoms with E-state index < -0.39 is 0 Å². The SMILES string of the molecule is CCNC1CCc2c(OCC3CCCCO3)cccc21. The molecule has 3 rings (SSSR count). The molecule has 1 aromatic carbocycles. The standard InChI is InChI=1S/C17H25NO2/c1-2-18-16-10-9-15-14(16)7-5-8-17(15)20-12-13-6-3-4-11-19-13/h5,7-8,13,16,18H,2-4,6,9-12H2,1H3. The molecule has 0 bridgehead atoms. The summed E-state index contributed by atoms with van der Waals surface area (Å²) in [5.41, 5.74) is 2.82. The molecule has 0 saturated carbocycles. The van der Waals surface area contributed by atoms with E-state index in [9.17, 15) is 0 Å². The fourth-order valence-electron chi connectivity index (χ4n) is 3.34. The van der Waals surface area contributed by atoms with Crippen molar-refractivity contribution >= 4 is 0 Å². The summed E-state index contributed by atoms with van der Waals surface area (Å²) in [6.45, 7) is 4.77. The molecule has 3 nitrogen and oxygen atoms in total. The lowest BCUT2D eigenvalue weighted by molar-refractivity contribution is -0.0112. The molecule has 110 valence electrons. The summed E-state index contributed by atoms with van der Waals surface area (Å²) in [5, 5.41) is 3.55. The van der Waals surface area contributed by atoms with Crippen molar-refractivity contribution in [3.63, 3.8) is 0 Å². The zero-order chi connectivity index (χ0) is 13.8. The van der Waals surface area contributed by atoms with Gasteiger partial charge in [0.2, 0.25) is 0 Å². The van der Waals surface area contributed by atoms with E-state index >= 15 is 0 Å². The summed E-state index contributed by atoms with van der Waals surface area (Å²) >= 11 is 0. The molecule has 2 unspecified atom stereocenters. The molecule has 2 aliphatic rings. The van der Waals surface area contributed by atoms with Gasteiger partial charge in [-0.2, -0.15) is 0 Å². The molecule has 1 saturated heterocycles. The van der Waals surface area contributed by atoms with Crippen LogP contribution in [-0.2, 0) is 11.2 Å². The van der Waals surface area contributed by atoms with Gasteiger partial charge in [0.1, 0.15) is 12.4 Å². The van der Waals surface area contributed by atoms with Crippen molar-refractivity contribution in [1.82, 2.24) is 5.32 Å². The maximum atomic E-state index is 6.06. The summed E-state index contributed by atoms with van der Waals surface area (Å²) in [6, 6.07) is 6.96. The predicted molar refractivity (Wildman–Crippen MR) is 80.3 cm³/mol. The topological polar surface area (TPSA) is 30.5 Å². The van der Waals surface area contributed by atoms with Gasteiger partial charge < -0.3 is 14.8 Å². The highest BCUT2D eigenvalue weighted by Crippen LogP contribution is 2.37. The first-order valence-electron chi connectivity index (χ1n) is 7.98. The zero-order valence-electron chi connectivity index (χ0n) is 12.4. The average Bonchev–Trinajstić information content (AvgIpc) is 2.91. The van der Waals surface area contributed by atoms with Crippen molar-refractivity contribution in [3.05, 3.63) is 29.3 Å². The number of ether oxygens (including phenoxy) is 2. The third-order valence-corrected chi connectivity index (χ3v) is 4.38. The van der Waals surface area contributed by atoms with E-state index in [-0.39, 0.29) is 6.10 Å². The molecular formula is C17H25NO2. The van der Waals surface area contributed by atoms with Crippen LogP contribution in [0.2, 0.25) is 0 Å². The highest BCUT2D eigenvalue weighted by atomic mass is 16.5. The highest BCUT2D eigenvalue weighted by Gasteiger charge is 2.25. The van der Waals surface area contributed by atoms with Crippen LogP contribution < -0.4 is 10.1 Å². The first-order chi connectivity index (χ1) is 9.88. The van der Waals surface area contributed by atoms with E-state index in [2.05, 4.69) is 30.4 Å². The van der Waals surface area contributed by atoms with Crippen molar-refractivity contribution in [2.75, 3.05) is 19.8 Å². The minimum absolute atomic E-state index is 0.283. The fraction of sp³-hybridized carbons (Fsp3) is 0.647. The van der Waals surface area contributed by atoms with Gasteiger partial charge >= 0.3 is 0 Å². The molecular weight excluding hydrogens is 250 g/mol. The van der Waals surface area contributed by atoms with Gasteiger partial charge in [0.15, 0.2) is 0 Å². The molecule has 20 heavy (non-hydrogen) atoms. The lowest BCUT2D eigenvalue weighted by atomic mass is 10.1. The first-order valence-corrected chi connectivity index (χ1v) is 7.98. The van der Waals surface area contributed by atoms with Gasteiger partial charge in [-0.05, 0) is 55.8 Å². The van der Waals surface area contributed by atoms with E-state index in [1.54, 1.807) is 0 Å². The predicted octanol–water partition coefficient (Wildman–Crippen LogP) is 3.23. The Hall–Kier alpha value is -1.06. The quantitative estimate of drug-likeness (QED) is 0.895. The first kappa shape index (κ1) is 13.9. The third-order valence-electron chi connectivity index (χ3n) is 4.38. The lowest BCUT2D eigenvalue weighted by Crippen LogP contribution is -2.26. The van der Waals surface area contributed by atoms with Gasteiger partial charge in [-0.3, -0.25) is 0 Å². The van der Waals surface area contributed by atoms with Gasteiger partial charge in [0.25, 0.3) is 0 Å². The van der Waals surface area contributed by atoms with Gasteiger partial charge in [0.05, 0.1) is 6.10 Å². The van der Waals surface area contributed by atoms with Crippen molar-refractivity contribution in [2.45, 2.75) is 51.2 Å². The van der Waals surface area contributed by atoms with Crippen LogP contribution in [0.25, 0.3) is 0 Å². The minimum Gasteiger partial charge on any atom is -0.491 e. The molecule has 1 aliphatic heterocycles. The van der Waals surface area contributed by atoms with Crippen LogP contribution in [0.1, 0.15) is 49.8 Å². The van der Waals surface area contributed by atoms with E-state index in [1.807, 2.05) is 0 Å². The lowest BCUT2D eigenvalue weighted by Gasteiger charge is -2.23. The van der Waals surface area contributed by atoms with E-state index in [0.717, 1.165) is 31.7 Å². The van der Waals surface area contributed by atoms with Crippen molar-refractivity contribution < 1.29 is 9.47 Å². The average molecular weight is 275 g/mol. The van der Waals surface area contributed by atoms with Gasteiger partial charge in [-0.15, -0.1) is 0 Å². The fourth-order valence-corrected chi connectivity index (χ4v) is 3.34. The second-order valence-electron chi connectivity index (χ2n) is 5.77. The largest absolute Gasteiger partial charge is 0.491 e. The maximum Gasteiger partial charge on any atom is 0.122 e. The van der Waals surface area contributed by atoms with E-state index in [0.29, 0.717) is 12.6 Å². The number of fused-ring (bicyclic) bond motifs is 1. The summed E-state index contributed by atoms with van der Waals surface area (Å²) in [6.07, 6.45) is 6.18. The summed E-state index contributed by atoms with van der Waals surface area (Å²) in [4.78, 5) is 0. The van der Waals surface area contributed by atoms with Crippen LogP contribution in [-0.4, -0.2) is 25.9 Å². The number of nitrogens with one attached hydrogen (secondary N) is 1. The maximum absolute atomic E-state index is 6.06. The molecule has 1 fully saturated rings. The number of hydrogen-bond acceptors (Lipinski definition) is 3. The van der Waals surface area contributed by atoms with Crippen molar-refractivity contribution in [3.8, 4) is 5.75 Å². The summed E-state index contributed by atoms with van der Waals surface area (Å²) in [7, 11) is 0. The highest BCUT2D eigenvalue weighted by molar-refractivity contribution is 5.45. The molecule has 0 spiro atoms. The Bertz CT molecular complexity index is 441. The van der Waals surface area contributed by atoms with Gasteiger partial charge in [-0.25, -0.2) is 0 Å².